The molecule has 1 heterocycles. The Morgan fingerprint density at radius 1 is 0.920 bits per heavy atom. The molecule has 0 amide bonds. The molecule has 2 aromatic carbocycles. The van der Waals surface area contributed by atoms with Crippen LogP contribution in [-0.4, -0.2) is 38.2 Å². The minimum atomic E-state index is 0.642. The summed E-state index contributed by atoms with van der Waals surface area (Å²) in [6.45, 7) is 8.12. The van der Waals surface area contributed by atoms with Crippen molar-refractivity contribution in [1.29, 1.82) is 0 Å². The van der Waals surface area contributed by atoms with Gasteiger partial charge in [-0.15, -0.1) is 0 Å². The quantitative estimate of drug-likeness (QED) is 0.685. The minimum absolute atomic E-state index is 0.642. The molecule has 0 bridgehead atoms. The molecule has 0 atom stereocenters. The van der Waals surface area contributed by atoms with Gasteiger partial charge in [-0.25, -0.2) is 0 Å². The molecule has 3 rings (SSSR count). The Morgan fingerprint density at radius 2 is 1.60 bits per heavy atom. The third-order valence-corrected chi connectivity index (χ3v) is 4.31. The second-order valence-electron chi connectivity index (χ2n) is 5.83. The first-order valence-corrected chi connectivity index (χ1v) is 8.68. The highest BCUT2D eigenvalue weighted by Gasteiger charge is 2.10. The van der Waals surface area contributed by atoms with Crippen LogP contribution >= 0.6 is 0 Å². The predicted molar refractivity (Wildman–Crippen MR) is 99.5 cm³/mol. The third-order valence-electron chi connectivity index (χ3n) is 4.31. The van der Waals surface area contributed by atoms with Gasteiger partial charge in [0.05, 0.1) is 5.69 Å². The number of nitrogens with one attached hydrogen (secondary N) is 1. The predicted octanol–water partition coefficient (Wildman–Crippen LogP) is 3.12. The van der Waals surface area contributed by atoms with E-state index in [-0.39, 0.29) is 0 Å². The molecule has 0 aliphatic heterocycles. The lowest BCUT2D eigenvalue weighted by atomic mass is 10.1. The molecule has 6 heteroatoms. The fourth-order valence-electron chi connectivity index (χ4n) is 2.79. The van der Waals surface area contributed by atoms with Gasteiger partial charge < -0.3 is 5.32 Å². The Labute approximate surface area is 148 Å². The number of benzene rings is 2. The first-order valence-electron chi connectivity index (χ1n) is 8.68. The number of anilines is 1. The molecule has 1 aromatic heterocycles. The lowest BCUT2D eigenvalue weighted by Crippen LogP contribution is -2.23. The largest absolute Gasteiger partial charge is 0.349 e. The Kier molecular flexibility index (Phi) is 5.74. The average Bonchev–Trinajstić information content (AvgIpc) is 3.14. The molecule has 3 aromatic rings. The molecule has 1 N–H and O–H groups in total. The summed E-state index contributed by atoms with van der Waals surface area (Å²) in [4.78, 5) is 2.41. The van der Waals surface area contributed by atoms with Crippen molar-refractivity contribution in [1.82, 2.24) is 25.1 Å². The van der Waals surface area contributed by atoms with Crippen LogP contribution in [0.3, 0.4) is 0 Å². The van der Waals surface area contributed by atoms with E-state index in [1.807, 2.05) is 30.3 Å². The molecule has 0 fully saturated rings. The highest BCUT2D eigenvalue weighted by atomic mass is 15.6. The van der Waals surface area contributed by atoms with Gasteiger partial charge in [0.1, 0.15) is 0 Å². The number of hydrogen-bond acceptors (Lipinski definition) is 5. The monoisotopic (exact) mass is 336 g/mol. The summed E-state index contributed by atoms with van der Waals surface area (Å²) >= 11 is 0. The van der Waals surface area contributed by atoms with Crippen molar-refractivity contribution in [2.75, 3.05) is 18.4 Å². The zero-order valence-corrected chi connectivity index (χ0v) is 14.8. The van der Waals surface area contributed by atoms with E-state index in [1.165, 1.54) is 11.1 Å². The molecule has 6 nitrogen and oxygen atoms in total. The van der Waals surface area contributed by atoms with Gasteiger partial charge in [-0.3, -0.25) is 4.90 Å². The van der Waals surface area contributed by atoms with Crippen LogP contribution in [0.4, 0.5) is 5.95 Å². The smallest absolute Gasteiger partial charge is 0.248 e. The van der Waals surface area contributed by atoms with E-state index in [4.69, 9.17) is 0 Å². The van der Waals surface area contributed by atoms with E-state index in [9.17, 15) is 0 Å². The molecule has 0 unspecified atom stereocenters. The Hall–Kier alpha value is -2.73. The minimum Gasteiger partial charge on any atom is -0.349 e. The van der Waals surface area contributed by atoms with Gasteiger partial charge in [0.2, 0.25) is 5.95 Å². The maximum atomic E-state index is 4.11. The van der Waals surface area contributed by atoms with E-state index >= 15 is 0 Å². The summed E-state index contributed by atoms with van der Waals surface area (Å²) in [6, 6.07) is 18.4. The first kappa shape index (κ1) is 17.1. The van der Waals surface area contributed by atoms with Crippen LogP contribution in [0.25, 0.3) is 5.69 Å². The summed E-state index contributed by atoms with van der Waals surface area (Å²) < 4.78 is 1.72. The Morgan fingerprint density at radius 3 is 2.32 bits per heavy atom. The van der Waals surface area contributed by atoms with Crippen LogP contribution in [0, 0.1) is 0 Å². The molecule has 0 saturated carbocycles. The number of para-hydroxylation sites is 1. The number of tetrazole rings is 1. The lowest BCUT2D eigenvalue weighted by Gasteiger charge is -2.20. The number of aromatic nitrogens is 4. The third kappa shape index (κ3) is 4.22. The number of hydrogen-bond donors (Lipinski definition) is 1. The number of nitrogens with zero attached hydrogens (tertiary/aromatic N) is 5. The van der Waals surface area contributed by atoms with E-state index in [2.05, 4.69) is 63.9 Å². The molecule has 0 aliphatic carbocycles. The van der Waals surface area contributed by atoms with Crippen molar-refractivity contribution in [3.8, 4) is 5.69 Å². The van der Waals surface area contributed by atoms with E-state index in [0.29, 0.717) is 12.5 Å². The van der Waals surface area contributed by atoms with Crippen LogP contribution in [0.15, 0.2) is 54.6 Å². The van der Waals surface area contributed by atoms with Crippen molar-refractivity contribution in [2.24, 2.45) is 0 Å². The highest BCUT2D eigenvalue weighted by molar-refractivity contribution is 5.39. The molecular weight excluding hydrogens is 312 g/mol. The van der Waals surface area contributed by atoms with E-state index in [1.54, 1.807) is 4.68 Å². The maximum absolute atomic E-state index is 4.11. The lowest BCUT2D eigenvalue weighted by molar-refractivity contribution is 0.295. The molecule has 0 aliphatic rings. The molecule has 25 heavy (non-hydrogen) atoms. The van der Waals surface area contributed by atoms with Gasteiger partial charge in [-0.1, -0.05) is 61.4 Å². The van der Waals surface area contributed by atoms with E-state index in [0.717, 1.165) is 25.3 Å². The van der Waals surface area contributed by atoms with Gasteiger partial charge in [0, 0.05) is 13.1 Å². The Balaban J connectivity index is 1.74. The summed E-state index contributed by atoms with van der Waals surface area (Å²) in [5, 5.41) is 15.4. The fraction of sp³-hybridized carbons (Fsp3) is 0.316. The van der Waals surface area contributed by atoms with Crippen molar-refractivity contribution < 1.29 is 0 Å². The fourth-order valence-corrected chi connectivity index (χ4v) is 2.79. The molecule has 0 radical (unpaired) electrons. The van der Waals surface area contributed by atoms with Gasteiger partial charge in [0.15, 0.2) is 0 Å². The van der Waals surface area contributed by atoms with Gasteiger partial charge in [-0.05, 0) is 46.8 Å². The molecular formula is C19H24N6. The SMILES string of the molecule is CCN(CC)Cc1ccccc1CNc1nnnn1-c1ccccc1. The zero-order chi connectivity index (χ0) is 17.5. The van der Waals surface area contributed by atoms with Crippen molar-refractivity contribution in [3.05, 3.63) is 65.7 Å². The first-order chi connectivity index (χ1) is 12.3. The molecule has 130 valence electrons. The van der Waals surface area contributed by atoms with Crippen molar-refractivity contribution in [2.45, 2.75) is 26.9 Å². The van der Waals surface area contributed by atoms with Crippen LogP contribution in [0.1, 0.15) is 25.0 Å². The van der Waals surface area contributed by atoms with Gasteiger partial charge in [0.25, 0.3) is 0 Å². The van der Waals surface area contributed by atoms with Gasteiger partial charge in [-0.2, -0.15) is 4.68 Å². The van der Waals surface area contributed by atoms with Gasteiger partial charge >= 0.3 is 0 Å². The molecule has 0 saturated heterocycles. The van der Waals surface area contributed by atoms with Crippen LogP contribution < -0.4 is 5.32 Å². The highest BCUT2D eigenvalue weighted by Crippen LogP contribution is 2.15. The van der Waals surface area contributed by atoms with Crippen LogP contribution in [-0.2, 0) is 13.1 Å². The normalized spacial score (nSPS) is 11.0. The topological polar surface area (TPSA) is 58.9 Å². The van der Waals surface area contributed by atoms with Crippen LogP contribution in [0.2, 0.25) is 0 Å². The molecule has 0 spiro atoms. The standard InChI is InChI=1S/C19H24N6/c1-3-24(4-2)15-17-11-9-8-10-16(17)14-20-19-21-22-23-25(19)18-12-6-5-7-13-18/h5-13H,3-4,14-15H2,1-2H3,(H,20,21,23). The Bertz CT molecular complexity index is 779. The van der Waals surface area contributed by atoms with E-state index < -0.39 is 0 Å². The summed E-state index contributed by atoms with van der Waals surface area (Å²) in [7, 11) is 0. The van der Waals surface area contributed by atoms with Crippen molar-refractivity contribution in [3.63, 3.8) is 0 Å². The summed E-state index contributed by atoms with van der Waals surface area (Å²) in [6.07, 6.45) is 0. The average molecular weight is 336 g/mol. The summed E-state index contributed by atoms with van der Waals surface area (Å²) in [5.41, 5.74) is 3.53. The maximum Gasteiger partial charge on any atom is 0.248 e. The second-order valence-corrected chi connectivity index (χ2v) is 5.83. The van der Waals surface area contributed by atoms with Crippen LogP contribution in [0.5, 0.6) is 0 Å². The zero-order valence-electron chi connectivity index (χ0n) is 14.8. The second kappa shape index (κ2) is 8.39. The number of rotatable bonds is 8. The summed E-state index contributed by atoms with van der Waals surface area (Å²) in [5.74, 6) is 0.642. The van der Waals surface area contributed by atoms with Crippen molar-refractivity contribution >= 4 is 5.95 Å².